The van der Waals surface area contributed by atoms with Crippen LogP contribution >= 0.6 is 11.3 Å². The lowest BCUT2D eigenvalue weighted by atomic mass is 9.81. The van der Waals surface area contributed by atoms with Gasteiger partial charge in [-0.3, -0.25) is 9.59 Å². The van der Waals surface area contributed by atoms with E-state index in [1.807, 2.05) is 4.90 Å². The Hall–Kier alpha value is -2.27. The summed E-state index contributed by atoms with van der Waals surface area (Å²) in [6.07, 6.45) is 7.66. The number of anilines is 1. The molecule has 40 heavy (non-hydrogen) atoms. The first-order valence-corrected chi connectivity index (χ1v) is 16.7. The topological polar surface area (TPSA) is 98.8 Å². The van der Waals surface area contributed by atoms with Crippen LogP contribution < -0.4 is 10.6 Å². The van der Waals surface area contributed by atoms with E-state index in [9.17, 15) is 18.0 Å². The highest BCUT2D eigenvalue weighted by Crippen LogP contribution is 2.45. The Kier molecular flexibility index (Phi) is 7.93. The molecule has 3 heterocycles. The van der Waals surface area contributed by atoms with Gasteiger partial charge in [-0.2, -0.15) is 4.31 Å². The standard InChI is InChI=1S/C30H42N4O4S2/c1-29(2)19-23-24(28(36)34-17-9-10-18-34)27(39-25(23)30(3,4)32-29)31-26(35)20-13-15-22(16-14-20)40(37,38)33(5)21-11-7-6-8-12-21/h13-16,21,32H,6-12,17-19H2,1-5H3,(H,31,35). The Morgan fingerprint density at radius 3 is 2.25 bits per heavy atom. The summed E-state index contributed by atoms with van der Waals surface area (Å²) in [5, 5.41) is 7.28. The third kappa shape index (κ3) is 5.60. The molecule has 0 atom stereocenters. The highest BCUT2D eigenvalue weighted by atomic mass is 32.2. The molecule has 218 valence electrons. The first kappa shape index (κ1) is 29.2. The van der Waals surface area contributed by atoms with Gasteiger partial charge in [0.2, 0.25) is 10.0 Å². The summed E-state index contributed by atoms with van der Waals surface area (Å²) >= 11 is 1.46. The number of nitrogens with one attached hydrogen (secondary N) is 2. The zero-order valence-corrected chi connectivity index (χ0v) is 25.9. The highest BCUT2D eigenvalue weighted by molar-refractivity contribution is 7.89. The third-order valence-electron chi connectivity index (χ3n) is 8.56. The molecule has 1 aromatic carbocycles. The SMILES string of the molecule is CN(C1CCCCC1)S(=O)(=O)c1ccc(C(=O)Nc2sc3c(c2C(=O)N2CCCC2)CC(C)(C)NC3(C)C)cc1. The molecule has 10 heteroatoms. The molecule has 2 amide bonds. The van der Waals surface area contributed by atoms with Crippen LogP contribution in [0.2, 0.25) is 0 Å². The van der Waals surface area contributed by atoms with E-state index < -0.39 is 10.0 Å². The molecule has 1 aliphatic carbocycles. The number of rotatable bonds is 6. The molecule has 2 aliphatic heterocycles. The lowest BCUT2D eigenvalue weighted by molar-refractivity contribution is 0.0792. The number of amides is 2. The number of likely N-dealkylation sites (tertiary alicyclic amines) is 1. The summed E-state index contributed by atoms with van der Waals surface area (Å²) < 4.78 is 28.0. The number of hydrogen-bond donors (Lipinski definition) is 2. The molecule has 1 saturated heterocycles. The second-order valence-corrected chi connectivity index (χ2v) is 15.7. The van der Waals surface area contributed by atoms with E-state index in [0.29, 0.717) is 22.5 Å². The number of fused-ring (bicyclic) bond motifs is 1. The van der Waals surface area contributed by atoms with Gasteiger partial charge in [-0.05, 0) is 89.6 Å². The fourth-order valence-electron chi connectivity index (χ4n) is 6.68. The Morgan fingerprint density at radius 1 is 1.00 bits per heavy atom. The van der Waals surface area contributed by atoms with Crippen LogP contribution in [0.4, 0.5) is 5.00 Å². The van der Waals surface area contributed by atoms with E-state index in [2.05, 4.69) is 38.3 Å². The largest absolute Gasteiger partial charge is 0.339 e. The molecule has 2 N–H and O–H groups in total. The molecule has 0 bridgehead atoms. The zero-order valence-electron chi connectivity index (χ0n) is 24.3. The molecular weight excluding hydrogens is 544 g/mol. The lowest BCUT2D eigenvalue weighted by Crippen LogP contribution is -2.55. The Balaban J connectivity index is 1.42. The molecule has 2 fully saturated rings. The first-order chi connectivity index (χ1) is 18.8. The van der Waals surface area contributed by atoms with Crippen molar-refractivity contribution in [2.45, 2.75) is 101 Å². The van der Waals surface area contributed by atoms with Crippen molar-refractivity contribution in [1.82, 2.24) is 14.5 Å². The van der Waals surface area contributed by atoms with Crippen molar-refractivity contribution in [3.63, 3.8) is 0 Å². The molecule has 0 radical (unpaired) electrons. The van der Waals surface area contributed by atoms with Gasteiger partial charge < -0.3 is 15.5 Å². The summed E-state index contributed by atoms with van der Waals surface area (Å²) in [6, 6.07) is 6.15. The van der Waals surface area contributed by atoms with Crippen LogP contribution in [0.5, 0.6) is 0 Å². The number of sulfonamides is 1. The van der Waals surface area contributed by atoms with Crippen molar-refractivity contribution in [1.29, 1.82) is 0 Å². The van der Waals surface area contributed by atoms with Gasteiger partial charge in [-0.1, -0.05) is 19.3 Å². The predicted octanol–water partition coefficient (Wildman–Crippen LogP) is 5.35. The van der Waals surface area contributed by atoms with Gasteiger partial charge in [0.1, 0.15) is 5.00 Å². The number of thiophene rings is 1. The molecule has 1 saturated carbocycles. The maximum Gasteiger partial charge on any atom is 0.257 e. The van der Waals surface area contributed by atoms with Gasteiger partial charge in [-0.15, -0.1) is 11.3 Å². The quantitative estimate of drug-likeness (QED) is 0.476. The summed E-state index contributed by atoms with van der Waals surface area (Å²) in [5.41, 5.74) is 1.41. The molecule has 0 spiro atoms. The smallest absolute Gasteiger partial charge is 0.257 e. The van der Waals surface area contributed by atoms with E-state index in [1.165, 1.54) is 27.8 Å². The minimum Gasteiger partial charge on any atom is -0.339 e. The van der Waals surface area contributed by atoms with Gasteiger partial charge in [0.25, 0.3) is 11.8 Å². The van der Waals surface area contributed by atoms with Gasteiger partial charge >= 0.3 is 0 Å². The van der Waals surface area contributed by atoms with Crippen LogP contribution in [-0.2, 0) is 22.0 Å². The van der Waals surface area contributed by atoms with Gasteiger partial charge in [0, 0.05) is 47.7 Å². The Labute approximate surface area is 242 Å². The monoisotopic (exact) mass is 586 g/mol. The molecule has 1 aromatic heterocycles. The second kappa shape index (κ2) is 10.9. The maximum absolute atomic E-state index is 13.8. The first-order valence-electron chi connectivity index (χ1n) is 14.4. The van der Waals surface area contributed by atoms with Gasteiger partial charge in [-0.25, -0.2) is 8.42 Å². The maximum atomic E-state index is 13.8. The molecule has 8 nitrogen and oxygen atoms in total. The predicted molar refractivity (Wildman–Crippen MR) is 160 cm³/mol. The Morgan fingerprint density at radius 2 is 1.62 bits per heavy atom. The zero-order chi connectivity index (χ0) is 28.9. The second-order valence-electron chi connectivity index (χ2n) is 12.7. The van der Waals surface area contributed by atoms with Gasteiger partial charge in [0.05, 0.1) is 10.5 Å². The minimum atomic E-state index is -3.65. The third-order valence-corrected chi connectivity index (χ3v) is 12.0. The number of carbonyl (C=O) groups is 2. The van der Waals surface area contributed by atoms with Crippen molar-refractivity contribution in [3.8, 4) is 0 Å². The fraction of sp³-hybridized carbons (Fsp3) is 0.600. The van der Waals surface area contributed by atoms with Crippen LogP contribution in [0.15, 0.2) is 29.2 Å². The van der Waals surface area contributed by atoms with Crippen molar-refractivity contribution < 1.29 is 18.0 Å². The number of carbonyl (C=O) groups excluding carboxylic acids is 2. The van der Waals surface area contributed by atoms with Crippen molar-refractivity contribution in [3.05, 3.63) is 45.8 Å². The van der Waals surface area contributed by atoms with Crippen molar-refractivity contribution >= 4 is 38.2 Å². The average Bonchev–Trinajstić information content (AvgIpc) is 3.56. The normalized spacial score (nSPS) is 20.9. The summed E-state index contributed by atoms with van der Waals surface area (Å²) in [7, 11) is -1.99. The van der Waals surface area contributed by atoms with Crippen LogP contribution in [0.1, 0.15) is 104 Å². The van der Waals surface area contributed by atoms with Crippen LogP contribution in [0, 0.1) is 0 Å². The fourth-order valence-corrected chi connectivity index (χ4v) is 9.36. The summed E-state index contributed by atoms with van der Waals surface area (Å²) in [5.74, 6) is -0.380. The summed E-state index contributed by atoms with van der Waals surface area (Å²) in [6.45, 7) is 9.96. The average molecular weight is 587 g/mol. The van der Waals surface area contributed by atoms with E-state index in [0.717, 1.165) is 68.5 Å². The molecule has 5 rings (SSSR count). The van der Waals surface area contributed by atoms with E-state index in [1.54, 1.807) is 19.2 Å². The van der Waals surface area contributed by atoms with E-state index >= 15 is 0 Å². The minimum absolute atomic E-state index is 0.0156. The number of nitrogens with zero attached hydrogens (tertiary/aromatic N) is 2. The lowest BCUT2D eigenvalue weighted by Gasteiger charge is -2.42. The highest BCUT2D eigenvalue weighted by Gasteiger charge is 2.42. The molecule has 0 unspecified atom stereocenters. The van der Waals surface area contributed by atoms with Crippen LogP contribution in [0.25, 0.3) is 0 Å². The van der Waals surface area contributed by atoms with Crippen LogP contribution in [-0.4, -0.2) is 61.2 Å². The van der Waals surface area contributed by atoms with Crippen molar-refractivity contribution in [2.24, 2.45) is 0 Å². The number of hydrogen-bond acceptors (Lipinski definition) is 6. The van der Waals surface area contributed by atoms with E-state index in [4.69, 9.17) is 0 Å². The Bertz CT molecular complexity index is 1380. The molecule has 2 aromatic rings. The number of benzene rings is 1. The summed E-state index contributed by atoms with van der Waals surface area (Å²) in [4.78, 5) is 30.4. The molecule has 3 aliphatic rings. The van der Waals surface area contributed by atoms with Crippen molar-refractivity contribution in [2.75, 3.05) is 25.5 Å². The van der Waals surface area contributed by atoms with E-state index in [-0.39, 0.29) is 33.8 Å². The van der Waals surface area contributed by atoms with Gasteiger partial charge in [0.15, 0.2) is 0 Å². The molecular formula is C30H42N4O4S2. The van der Waals surface area contributed by atoms with Crippen LogP contribution in [0.3, 0.4) is 0 Å².